The van der Waals surface area contributed by atoms with Crippen LogP contribution < -0.4 is 25.6 Å². The summed E-state index contributed by atoms with van der Waals surface area (Å²) in [7, 11) is 0. The Bertz CT molecular complexity index is 876. The largest absolute Gasteiger partial charge is 0.494 e. The number of thiocarbonyl (C=S) groups is 1. The van der Waals surface area contributed by atoms with Crippen LogP contribution in [0.2, 0.25) is 0 Å². The van der Waals surface area contributed by atoms with Gasteiger partial charge in [0.05, 0.1) is 6.61 Å². The van der Waals surface area contributed by atoms with Crippen molar-refractivity contribution in [1.82, 2.24) is 16.2 Å². The molecule has 0 aromatic heterocycles. The lowest BCUT2D eigenvalue weighted by Gasteiger charge is -2.12. The molecule has 0 aliphatic heterocycles. The maximum Gasteiger partial charge on any atom is 0.276 e. The second-order valence-electron chi connectivity index (χ2n) is 5.62. The molecule has 0 saturated carbocycles. The Morgan fingerprint density at radius 2 is 1.82 bits per heavy atom. The predicted octanol–water partition coefficient (Wildman–Crippen LogP) is 2.87. The normalized spacial score (nSPS) is 9.96. The van der Waals surface area contributed by atoms with Crippen LogP contribution in [0.15, 0.2) is 46.9 Å². The Hall–Kier alpha value is -2.65. The maximum absolute atomic E-state index is 12.2. The van der Waals surface area contributed by atoms with Gasteiger partial charge < -0.3 is 9.47 Å². The number of hydrogen-bond donors (Lipinski definition) is 3. The van der Waals surface area contributed by atoms with Crippen molar-refractivity contribution in [1.29, 1.82) is 0 Å². The van der Waals surface area contributed by atoms with Crippen molar-refractivity contribution >= 4 is 45.1 Å². The van der Waals surface area contributed by atoms with Crippen molar-refractivity contribution < 1.29 is 19.1 Å². The number of amides is 2. The van der Waals surface area contributed by atoms with Crippen molar-refractivity contribution in [2.45, 2.75) is 13.8 Å². The Balaban J connectivity index is 1.76. The van der Waals surface area contributed by atoms with Gasteiger partial charge in [0.2, 0.25) is 0 Å². The van der Waals surface area contributed by atoms with E-state index in [4.69, 9.17) is 21.7 Å². The number of carbonyl (C=O) groups excluding carboxylic acids is 2. The minimum Gasteiger partial charge on any atom is -0.494 e. The Morgan fingerprint density at radius 1 is 1.07 bits per heavy atom. The Morgan fingerprint density at radius 3 is 2.54 bits per heavy atom. The molecule has 28 heavy (non-hydrogen) atoms. The standard InChI is InChI=1S/C19H20BrN3O4S/c1-3-26-14-6-4-5-13(10-14)18(25)21-19(28)23-22-17(24)11-27-15-7-8-16(20)12(2)9-15/h4-10H,3,11H2,1-2H3,(H,22,24)(H2,21,23,25,28). The molecular formula is C19H20BrN3O4S. The molecule has 7 nitrogen and oxygen atoms in total. The first-order valence-corrected chi connectivity index (χ1v) is 9.61. The van der Waals surface area contributed by atoms with Gasteiger partial charge >= 0.3 is 0 Å². The SMILES string of the molecule is CCOc1cccc(C(=O)NC(=S)NNC(=O)COc2ccc(Br)c(C)c2)c1. The average Bonchev–Trinajstić information content (AvgIpc) is 2.67. The summed E-state index contributed by atoms with van der Waals surface area (Å²) >= 11 is 8.40. The molecule has 2 amide bonds. The van der Waals surface area contributed by atoms with E-state index in [1.54, 1.807) is 30.3 Å². The molecule has 148 valence electrons. The van der Waals surface area contributed by atoms with Crippen LogP contribution >= 0.6 is 28.1 Å². The summed E-state index contributed by atoms with van der Waals surface area (Å²) in [6.07, 6.45) is 0. The number of aryl methyl sites for hydroxylation is 1. The molecule has 0 aliphatic carbocycles. The molecule has 0 unspecified atom stereocenters. The average molecular weight is 466 g/mol. The fourth-order valence-corrected chi connectivity index (χ4v) is 2.51. The monoisotopic (exact) mass is 465 g/mol. The number of nitrogens with one attached hydrogen (secondary N) is 3. The van der Waals surface area contributed by atoms with E-state index in [1.807, 2.05) is 26.0 Å². The molecule has 0 radical (unpaired) electrons. The van der Waals surface area contributed by atoms with Crippen molar-refractivity contribution in [2.75, 3.05) is 13.2 Å². The lowest BCUT2D eigenvalue weighted by Crippen LogP contribution is -2.49. The third-order valence-electron chi connectivity index (χ3n) is 3.45. The van der Waals surface area contributed by atoms with Crippen LogP contribution in [0.4, 0.5) is 0 Å². The van der Waals surface area contributed by atoms with E-state index in [0.717, 1.165) is 10.0 Å². The second kappa shape index (κ2) is 10.6. The highest BCUT2D eigenvalue weighted by Gasteiger charge is 2.10. The lowest BCUT2D eigenvalue weighted by atomic mass is 10.2. The molecule has 2 aromatic carbocycles. The zero-order chi connectivity index (χ0) is 20.5. The first-order chi connectivity index (χ1) is 13.4. The van der Waals surface area contributed by atoms with E-state index in [2.05, 4.69) is 32.1 Å². The molecular weight excluding hydrogens is 446 g/mol. The number of benzene rings is 2. The fourth-order valence-electron chi connectivity index (χ4n) is 2.12. The second-order valence-corrected chi connectivity index (χ2v) is 6.88. The van der Waals surface area contributed by atoms with Crippen LogP contribution in [-0.2, 0) is 4.79 Å². The molecule has 2 rings (SSSR count). The topological polar surface area (TPSA) is 88.7 Å². The number of rotatable bonds is 6. The van der Waals surface area contributed by atoms with Crippen LogP contribution in [0.5, 0.6) is 11.5 Å². The number of hydrazine groups is 1. The van der Waals surface area contributed by atoms with E-state index >= 15 is 0 Å². The quantitative estimate of drug-likeness (QED) is 0.448. The third-order valence-corrected chi connectivity index (χ3v) is 4.54. The molecule has 0 saturated heterocycles. The first kappa shape index (κ1) is 21.6. The van der Waals surface area contributed by atoms with E-state index in [0.29, 0.717) is 23.7 Å². The van der Waals surface area contributed by atoms with Gasteiger partial charge in [0.15, 0.2) is 11.7 Å². The summed E-state index contributed by atoms with van der Waals surface area (Å²) in [6.45, 7) is 4.07. The van der Waals surface area contributed by atoms with Gasteiger partial charge in [0.1, 0.15) is 11.5 Å². The minimum atomic E-state index is -0.449. The molecule has 0 spiro atoms. The Labute approximate surface area is 176 Å². The van der Waals surface area contributed by atoms with E-state index in [1.165, 1.54) is 0 Å². The highest BCUT2D eigenvalue weighted by molar-refractivity contribution is 9.10. The number of ether oxygens (including phenoxy) is 2. The van der Waals surface area contributed by atoms with Crippen LogP contribution in [0, 0.1) is 6.92 Å². The first-order valence-electron chi connectivity index (χ1n) is 8.41. The van der Waals surface area contributed by atoms with Crippen molar-refractivity contribution in [3.8, 4) is 11.5 Å². The molecule has 0 fully saturated rings. The lowest BCUT2D eigenvalue weighted by molar-refractivity contribution is -0.123. The van der Waals surface area contributed by atoms with Crippen LogP contribution in [0.3, 0.4) is 0 Å². The van der Waals surface area contributed by atoms with Gasteiger partial charge in [-0.25, -0.2) is 0 Å². The number of hydrogen-bond acceptors (Lipinski definition) is 5. The van der Waals surface area contributed by atoms with E-state index in [-0.39, 0.29) is 11.7 Å². The van der Waals surface area contributed by atoms with Gasteiger partial charge in [0, 0.05) is 10.0 Å². The predicted molar refractivity (Wildman–Crippen MR) is 113 cm³/mol. The highest BCUT2D eigenvalue weighted by Crippen LogP contribution is 2.21. The van der Waals surface area contributed by atoms with Crippen LogP contribution in [0.1, 0.15) is 22.8 Å². The smallest absolute Gasteiger partial charge is 0.276 e. The van der Waals surface area contributed by atoms with Crippen LogP contribution in [0.25, 0.3) is 0 Å². The molecule has 9 heteroatoms. The third kappa shape index (κ3) is 6.82. The summed E-state index contributed by atoms with van der Waals surface area (Å²) in [5, 5.41) is 2.43. The zero-order valence-electron chi connectivity index (χ0n) is 15.4. The number of carbonyl (C=O) groups is 2. The van der Waals surface area contributed by atoms with Gasteiger partial charge in [-0.3, -0.25) is 25.8 Å². The van der Waals surface area contributed by atoms with Gasteiger partial charge in [-0.05, 0) is 68.0 Å². The maximum atomic E-state index is 12.2. The fraction of sp³-hybridized carbons (Fsp3) is 0.211. The van der Waals surface area contributed by atoms with E-state index in [9.17, 15) is 9.59 Å². The summed E-state index contributed by atoms with van der Waals surface area (Å²) in [5.74, 6) is 0.286. The summed E-state index contributed by atoms with van der Waals surface area (Å²) in [4.78, 5) is 24.0. The summed E-state index contributed by atoms with van der Waals surface area (Å²) in [5.41, 5.74) is 6.20. The van der Waals surface area contributed by atoms with Crippen molar-refractivity contribution in [3.05, 3.63) is 58.1 Å². The van der Waals surface area contributed by atoms with Gasteiger partial charge in [-0.1, -0.05) is 22.0 Å². The minimum absolute atomic E-state index is 0.0420. The number of halogens is 1. The molecule has 0 aliphatic rings. The molecule has 0 bridgehead atoms. The summed E-state index contributed by atoms with van der Waals surface area (Å²) in [6, 6.07) is 12.1. The molecule has 3 N–H and O–H groups in total. The molecule has 0 heterocycles. The van der Waals surface area contributed by atoms with Gasteiger partial charge in [0.25, 0.3) is 11.8 Å². The summed E-state index contributed by atoms with van der Waals surface area (Å²) < 4.78 is 11.7. The Kier molecular flexibility index (Phi) is 8.21. The van der Waals surface area contributed by atoms with Crippen molar-refractivity contribution in [2.24, 2.45) is 0 Å². The van der Waals surface area contributed by atoms with Gasteiger partial charge in [-0.15, -0.1) is 0 Å². The zero-order valence-corrected chi connectivity index (χ0v) is 17.8. The molecule has 0 atom stereocenters. The van der Waals surface area contributed by atoms with E-state index < -0.39 is 11.8 Å². The van der Waals surface area contributed by atoms with Gasteiger partial charge in [-0.2, -0.15) is 0 Å². The van der Waals surface area contributed by atoms with Crippen molar-refractivity contribution in [3.63, 3.8) is 0 Å². The van der Waals surface area contributed by atoms with Crippen LogP contribution in [-0.4, -0.2) is 30.1 Å². The molecule has 2 aromatic rings. The highest BCUT2D eigenvalue weighted by atomic mass is 79.9.